The number of imidazole rings is 1. The van der Waals surface area contributed by atoms with Crippen LogP contribution in [-0.2, 0) is 6.54 Å². The molecule has 1 N–H and O–H groups in total. The summed E-state index contributed by atoms with van der Waals surface area (Å²) in [6.45, 7) is 6.89. The molecule has 0 amide bonds. The van der Waals surface area contributed by atoms with Crippen molar-refractivity contribution in [2.24, 2.45) is 0 Å². The van der Waals surface area contributed by atoms with Crippen LogP contribution in [-0.4, -0.2) is 16.7 Å². The highest BCUT2D eigenvalue weighted by molar-refractivity contribution is 5.36. The Labute approximate surface area is 125 Å². The third-order valence-corrected chi connectivity index (χ3v) is 3.55. The summed E-state index contributed by atoms with van der Waals surface area (Å²) in [5, 5.41) is 3.39. The normalized spacial score (nSPS) is 12.7. The van der Waals surface area contributed by atoms with E-state index in [1.54, 1.807) is 13.2 Å². The van der Waals surface area contributed by atoms with Gasteiger partial charge in [0.25, 0.3) is 0 Å². The smallest absolute Gasteiger partial charge is 0.123 e. The molecule has 1 unspecified atom stereocenters. The zero-order chi connectivity index (χ0) is 15.4. The van der Waals surface area contributed by atoms with Crippen molar-refractivity contribution in [1.29, 1.82) is 0 Å². The molecule has 0 saturated heterocycles. The Morgan fingerprint density at radius 3 is 2.76 bits per heavy atom. The molecular weight excluding hydrogens is 269 g/mol. The molecule has 1 aromatic heterocycles. The minimum absolute atomic E-state index is 0.0221. The van der Waals surface area contributed by atoms with E-state index in [0.29, 0.717) is 18.3 Å². The van der Waals surface area contributed by atoms with Gasteiger partial charge < -0.3 is 14.6 Å². The number of hydrogen-bond acceptors (Lipinski definition) is 3. The highest BCUT2D eigenvalue weighted by atomic mass is 19.1. The van der Waals surface area contributed by atoms with E-state index in [9.17, 15) is 4.39 Å². The van der Waals surface area contributed by atoms with Gasteiger partial charge in [-0.2, -0.15) is 0 Å². The van der Waals surface area contributed by atoms with Gasteiger partial charge in [-0.25, -0.2) is 9.37 Å². The van der Waals surface area contributed by atoms with Crippen molar-refractivity contribution in [3.8, 4) is 5.75 Å². The van der Waals surface area contributed by atoms with Crippen LogP contribution in [0.2, 0.25) is 0 Å². The fraction of sp³-hybridized carbons (Fsp3) is 0.438. The van der Waals surface area contributed by atoms with Crippen molar-refractivity contribution in [3.63, 3.8) is 0 Å². The first-order valence-corrected chi connectivity index (χ1v) is 7.10. The summed E-state index contributed by atoms with van der Waals surface area (Å²) in [4.78, 5) is 4.18. The van der Waals surface area contributed by atoms with Crippen molar-refractivity contribution in [2.45, 2.75) is 39.4 Å². The molecule has 0 aliphatic rings. The molecule has 0 spiro atoms. The van der Waals surface area contributed by atoms with E-state index in [0.717, 1.165) is 11.3 Å². The zero-order valence-corrected chi connectivity index (χ0v) is 12.9. The van der Waals surface area contributed by atoms with Gasteiger partial charge in [0.15, 0.2) is 0 Å². The Morgan fingerprint density at radius 2 is 2.10 bits per heavy atom. The van der Waals surface area contributed by atoms with Crippen molar-refractivity contribution >= 4 is 0 Å². The van der Waals surface area contributed by atoms with E-state index >= 15 is 0 Å². The Hall–Kier alpha value is -1.88. The first-order valence-electron chi connectivity index (χ1n) is 7.10. The van der Waals surface area contributed by atoms with E-state index in [2.05, 4.69) is 28.7 Å². The number of rotatable bonds is 6. The van der Waals surface area contributed by atoms with E-state index < -0.39 is 0 Å². The van der Waals surface area contributed by atoms with Crippen LogP contribution in [0.3, 0.4) is 0 Å². The molecule has 0 aliphatic heterocycles. The molecule has 21 heavy (non-hydrogen) atoms. The number of nitrogens with zero attached hydrogens (tertiary/aromatic N) is 2. The Bertz CT molecular complexity index is 595. The van der Waals surface area contributed by atoms with Crippen LogP contribution in [0.15, 0.2) is 30.7 Å². The van der Waals surface area contributed by atoms with E-state index in [1.165, 1.54) is 12.1 Å². The van der Waals surface area contributed by atoms with Crippen LogP contribution < -0.4 is 10.1 Å². The van der Waals surface area contributed by atoms with Crippen LogP contribution in [0.1, 0.15) is 44.1 Å². The van der Waals surface area contributed by atoms with Gasteiger partial charge >= 0.3 is 0 Å². The molecule has 0 aliphatic carbocycles. The molecule has 0 saturated carbocycles. The number of methoxy groups -OCH3 is 1. The second kappa shape index (κ2) is 6.72. The van der Waals surface area contributed by atoms with Crippen LogP contribution in [0.4, 0.5) is 4.39 Å². The fourth-order valence-corrected chi connectivity index (χ4v) is 2.35. The van der Waals surface area contributed by atoms with E-state index in [-0.39, 0.29) is 11.9 Å². The number of halogens is 1. The second-order valence-corrected chi connectivity index (χ2v) is 5.37. The molecule has 1 heterocycles. The van der Waals surface area contributed by atoms with E-state index in [1.807, 2.05) is 19.4 Å². The lowest BCUT2D eigenvalue weighted by Crippen LogP contribution is -2.21. The molecule has 2 aromatic rings. The molecule has 0 radical (unpaired) electrons. The molecule has 0 bridgehead atoms. The van der Waals surface area contributed by atoms with Crippen molar-refractivity contribution < 1.29 is 9.13 Å². The van der Waals surface area contributed by atoms with Gasteiger partial charge in [-0.05, 0) is 39.0 Å². The Kier molecular flexibility index (Phi) is 4.96. The monoisotopic (exact) mass is 291 g/mol. The maximum atomic E-state index is 13.4. The Morgan fingerprint density at radius 1 is 1.33 bits per heavy atom. The minimum atomic E-state index is -0.258. The van der Waals surface area contributed by atoms with Crippen LogP contribution >= 0.6 is 0 Å². The molecule has 0 fully saturated rings. The van der Waals surface area contributed by atoms with Crippen molar-refractivity contribution in [2.75, 3.05) is 7.11 Å². The topological polar surface area (TPSA) is 39.1 Å². The summed E-state index contributed by atoms with van der Waals surface area (Å²) >= 11 is 0. The summed E-state index contributed by atoms with van der Waals surface area (Å²) in [6, 6.07) is 4.91. The highest BCUT2D eigenvalue weighted by Crippen LogP contribution is 2.26. The predicted molar refractivity (Wildman–Crippen MR) is 80.8 cm³/mol. The molecule has 1 atom stereocenters. The average molecular weight is 291 g/mol. The molecule has 5 heteroatoms. The quantitative estimate of drug-likeness (QED) is 0.886. The van der Waals surface area contributed by atoms with Gasteiger partial charge in [-0.3, -0.25) is 0 Å². The summed E-state index contributed by atoms with van der Waals surface area (Å²) in [5.41, 5.74) is 1.92. The molecule has 114 valence electrons. The van der Waals surface area contributed by atoms with Gasteiger partial charge in [-0.1, -0.05) is 0 Å². The van der Waals surface area contributed by atoms with Crippen molar-refractivity contribution in [1.82, 2.24) is 14.9 Å². The first-order chi connectivity index (χ1) is 10.0. The lowest BCUT2D eigenvalue weighted by Gasteiger charge is -2.19. The summed E-state index contributed by atoms with van der Waals surface area (Å²) in [5.74, 6) is 0.431. The SMILES string of the molecule is COc1ccc(F)cc1C(C)NCc1cncn1C(C)C. The molecular formula is C16H22FN3O. The maximum Gasteiger partial charge on any atom is 0.123 e. The molecule has 4 nitrogen and oxygen atoms in total. The standard InChI is InChI=1S/C16H22FN3O/c1-11(2)20-10-18-8-14(20)9-19-12(3)15-7-13(17)5-6-16(15)21-4/h5-8,10-12,19H,9H2,1-4H3. The third-order valence-electron chi connectivity index (χ3n) is 3.55. The largest absolute Gasteiger partial charge is 0.496 e. The van der Waals surface area contributed by atoms with Gasteiger partial charge in [0.2, 0.25) is 0 Å². The van der Waals surface area contributed by atoms with Crippen LogP contribution in [0, 0.1) is 5.82 Å². The molecule has 2 rings (SSSR count). The average Bonchev–Trinajstić information content (AvgIpc) is 2.93. The van der Waals surface area contributed by atoms with Crippen LogP contribution in [0.25, 0.3) is 0 Å². The van der Waals surface area contributed by atoms with Gasteiger partial charge in [0.05, 0.1) is 19.1 Å². The van der Waals surface area contributed by atoms with E-state index in [4.69, 9.17) is 4.74 Å². The molecule has 1 aromatic carbocycles. The van der Waals surface area contributed by atoms with Crippen LogP contribution in [0.5, 0.6) is 5.75 Å². The number of aromatic nitrogens is 2. The summed E-state index contributed by atoms with van der Waals surface area (Å²) in [6.07, 6.45) is 3.68. The van der Waals surface area contributed by atoms with Gasteiger partial charge in [0, 0.05) is 30.4 Å². The third kappa shape index (κ3) is 3.61. The maximum absolute atomic E-state index is 13.4. The van der Waals surface area contributed by atoms with Gasteiger partial charge in [-0.15, -0.1) is 0 Å². The fourth-order valence-electron chi connectivity index (χ4n) is 2.35. The summed E-state index contributed by atoms with van der Waals surface area (Å²) in [7, 11) is 1.59. The lowest BCUT2D eigenvalue weighted by molar-refractivity contribution is 0.399. The number of hydrogen-bond donors (Lipinski definition) is 1. The van der Waals surface area contributed by atoms with Crippen molar-refractivity contribution in [3.05, 3.63) is 47.8 Å². The number of benzene rings is 1. The number of ether oxygens (including phenoxy) is 1. The second-order valence-electron chi connectivity index (χ2n) is 5.37. The number of nitrogens with one attached hydrogen (secondary N) is 1. The highest BCUT2D eigenvalue weighted by Gasteiger charge is 2.13. The lowest BCUT2D eigenvalue weighted by atomic mass is 10.1. The predicted octanol–water partition coefficient (Wildman–Crippen LogP) is 3.46. The first kappa shape index (κ1) is 15.5. The minimum Gasteiger partial charge on any atom is -0.496 e. The summed E-state index contributed by atoms with van der Waals surface area (Å²) < 4.78 is 20.8. The zero-order valence-electron chi connectivity index (χ0n) is 12.9. The Balaban J connectivity index is 2.10. The van der Waals surface area contributed by atoms with Gasteiger partial charge in [0.1, 0.15) is 11.6 Å².